The summed E-state index contributed by atoms with van der Waals surface area (Å²) < 4.78 is 30.2. The Bertz CT molecular complexity index is 1530. The van der Waals surface area contributed by atoms with E-state index in [1.54, 1.807) is 17.6 Å². The lowest BCUT2D eigenvalue weighted by molar-refractivity contribution is -0.149. The third kappa shape index (κ3) is 9.79. The zero-order chi connectivity index (χ0) is 32.8. The van der Waals surface area contributed by atoms with E-state index in [2.05, 4.69) is 10.4 Å². The van der Waals surface area contributed by atoms with Gasteiger partial charge in [0.25, 0.3) is 5.91 Å². The number of nitrogens with zero attached hydrogens (tertiary/aromatic N) is 4. The van der Waals surface area contributed by atoms with E-state index in [-0.39, 0.29) is 60.5 Å². The van der Waals surface area contributed by atoms with Crippen molar-refractivity contribution in [2.75, 3.05) is 32.7 Å². The van der Waals surface area contributed by atoms with E-state index in [4.69, 9.17) is 0 Å². The maximum atomic E-state index is 14.1. The van der Waals surface area contributed by atoms with Gasteiger partial charge in [0.05, 0.1) is 39.3 Å². The minimum atomic E-state index is -4.03. The maximum absolute atomic E-state index is 14.1. The van der Waals surface area contributed by atoms with Gasteiger partial charge in [0, 0.05) is 19.5 Å². The second kappa shape index (κ2) is 15.1. The standard InChI is InChI=1S/C33H47N5O5S2/c1-24(2)20-37(45(42,43)26-13-14-27-30(18-26)44-23-34-27)21-29(39)28(17-25-11-7-6-8-12-25)38(32(41)19-33(3,4)5)35-31(40)22-36-15-9-10-16-36/h6-8,11-14,18,23-24,28-29,39H,9-10,15-17,19-22H2,1-5H3,(H,35,40)/t28-,29+/m0/s1. The Morgan fingerprint density at radius 3 is 2.40 bits per heavy atom. The highest BCUT2D eigenvalue weighted by atomic mass is 32.2. The van der Waals surface area contributed by atoms with E-state index in [1.165, 1.54) is 26.7 Å². The minimum Gasteiger partial charge on any atom is -0.390 e. The van der Waals surface area contributed by atoms with Gasteiger partial charge in [-0.1, -0.05) is 65.0 Å². The number of aliphatic hydroxyl groups is 1. The molecule has 2 aromatic carbocycles. The molecule has 4 rings (SSSR count). The number of rotatable bonds is 13. The number of hydrogen-bond acceptors (Lipinski definition) is 8. The van der Waals surface area contributed by atoms with Crippen LogP contribution in [0.15, 0.2) is 58.9 Å². The number of benzene rings is 2. The third-order valence-electron chi connectivity index (χ3n) is 7.72. The normalized spacial score (nSPS) is 15.9. The van der Waals surface area contributed by atoms with Gasteiger partial charge in [0.2, 0.25) is 15.9 Å². The summed E-state index contributed by atoms with van der Waals surface area (Å²) in [6, 6.07) is 13.3. The number of aromatic nitrogens is 1. The summed E-state index contributed by atoms with van der Waals surface area (Å²) in [5.41, 5.74) is 5.68. The lowest BCUT2D eigenvalue weighted by Crippen LogP contribution is -2.60. The van der Waals surface area contributed by atoms with Gasteiger partial charge < -0.3 is 5.11 Å². The van der Waals surface area contributed by atoms with Crippen LogP contribution in [0.3, 0.4) is 0 Å². The second-order valence-corrected chi connectivity index (χ2v) is 16.4. The van der Waals surface area contributed by atoms with Crippen LogP contribution in [0.25, 0.3) is 10.2 Å². The number of fused-ring (bicyclic) bond motifs is 1. The zero-order valence-corrected chi connectivity index (χ0v) is 28.6. The highest BCUT2D eigenvalue weighted by molar-refractivity contribution is 7.89. The lowest BCUT2D eigenvalue weighted by atomic mass is 9.91. The molecule has 1 saturated heterocycles. The molecule has 1 aromatic heterocycles. The number of carbonyl (C=O) groups excluding carboxylic acids is 2. The SMILES string of the molecule is CC(C)CN(C[C@@H](O)[C@H](Cc1ccccc1)N(NC(=O)CN1CCCC1)C(=O)CC(C)(C)C)S(=O)(=O)c1ccc2ncsc2c1. The Kier molecular flexibility index (Phi) is 11.8. The van der Waals surface area contributed by atoms with E-state index in [0.29, 0.717) is 0 Å². The Morgan fingerprint density at radius 1 is 1.07 bits per heavy atom. The number of nitrogens with one attached hydrogen (secondary N) is 1. The Balaban J connectivity index is 1.69. The van der Waals surface area contributed by atoms with Gasteiger partial charge in [-0.25, -0.2) is 18.4 Å². The van der Waals surface area contributed by atoms with Gasteiger partial charge in [0.15, 0.2) is 0 Å². The molecule has 0 saturated carbocycles. The predicted molar refractivity (Wildman–Crippen MR) is 178 cm³/mol. The van der Waals surface area contributed by atoms with Crippen LogP contribution in [0.2, 0.25) is 0 Å². The van der Waals surface area contributed by atoms with E-state index < -0.39 is 22.2 Å². The first kappa shape index (κ1) is 35.0. The van der Waals surface area contributed by atoms with Crippen LogP contribution in [-0.4, -0.2) is 89.4 Å². The molecule has 1 fully saturated rings. The molecule has 12 heteroatoms. The molecule has 0 radical (unpaired) electrons. The summed E-state index contributed by atoms with van der Waals surface area (Å²) in [7, 11) is -4.03. The van der Waals surface area contributed by atoms with Crippen LogP contribution >= 0.6 is 11.3 Å². The monoisotopic (exact) mass is 657 g/mol. The maximum Gasteiger partial charge on any atom is 0.252 e. The molecular formula is C33H47N5O5S2. The number of amides is 2. The van der Waals surface area contributed by atoms with Crippen molar-refractivity contribution in [3.63, 3.8) is 0 Å². The van der Waals surface area contributed by atoms with E-state index >= 15 is 0 Å². The smallest absolute Gasteiger partial charge is 0.252 e. The van der Waals surface area contributed by atoms with Gasteiger partial charge in [-0.2, -0.15) is 4.31 Å². The third-order valence-corrected chi connectivity index (χ3v) is 10.3. The van der Waals surface area contributed by atoms with Crippen LogP contribution in [0.1, 0.15) is 59.4 Å². The summed E-state index contributed by atoms with van der Waals surface area (Å²) >= 11 is 1.36. The molecule has 1 aliphatic rings. The Morgan fingerprint density at radius 2 is 1.76 bits per heavy atom. The molecule has 3 aromatic rings. The van der Waals surface area contributed by atoms with Crippen molar-refractivity contribution in [2.45, 2.75) is 77.3 Å². The topological polar surface area (TPSA) is 123 Å². The summed E-state index contributed by atoms with van der Waals surface area (Å²) in [5.74, 6) is -0.717. The van der Waals surface area contributed by atoms with Crippen molar-refractivity contribution < 1.29 is 23.1 Å². The van der Waals surface area contributed by atoms with Gasteiger partial charge in [-0.15, -0.1) is 11.3 Å². The fourth-order valence-electron chi connectivity index (χ4n) is 5.59. The zero-order valence-electron chi connectivity index (χ0n) is 27.0. The lowest BCUT2D eigenvalue weighted by Gasteiger charge is -2.38. The molecule has 246 valence electrons. The van der Waals surface area contributed by atoms with Crippen molar-refractivity contribution in [3.05, 3.63) is 59.6 Å². The molecule has 2 N–H and O–H groups in total. The molecule has 0 bridgehead atoms. The van der Waals surface area contributed by atoms with Crippen molar-refractivity contribution in [2.24, 2.45) is 11.3 Å². The summed E-state index contributed by atoms with van der Waals surface area (Å²) in [4.78, 5) is 33.6. The van der Waals surface area contributed by atoms with Gasteiger partial charge >= 0.3 is 0 Å². The summed E-state index contributed by atoms with van der Waals surface area (Å²) in [5, 5.41) is 13.2. The van der Waals surface area contributed by atoms with Crippen LogP contribution < -0.4 is 5.43 Å². The van der Waals surface area contributed by atoms with Gasteiger partial charge in [-0.05, 0) is 67.4 Å². The quantitative estimate of drug-likeness (QED) is 0.263. The number of carbonyl (C=O) groups is 2. The van der Waals surface area contributed by atoms with Crippen LogP contribution in [0.4, 0.5) is 0 Å². The second-order valence-electron chi connectivity index (χ2n) is 13.5. The molecule has 45 heavy (non-hydrogen) atoms. The summed E-state index contributed by atoms with van der Waals surface area (Å²) in [6.45, 7) is 11.3. The molecule has 2 heterocycles. The van der Waals surface area contributed by atoms with Crippen LogP contribution in [0.5, 0.6) is 0 Å². The van der Waals surface area contributed by atoms with Crippen LogP contribution in [0, 0.1) is 11.3 Å². The number of hydrogen-bond donors (Lipinski definition) is 2. The van der Waals surface area contributed by atoms with Gasteiger partial charge in [0.1, 0.15) is 0 Å². The predicted octanol–water partition coefficient (Wildman–Crippen LogP) is 4.31. The van der Waals surface area contributed by atoms with Crippen molar-refractivity contribution in [3.8, 4) is 0 Å². The molecular weight excluding hydrogens is 611 g/mol. The fraction of sp³-hybridized carbons (Fsp3) is 0.545. The number of aliphatic hydroxyl groups excluding tert-OH is 1. The van der Waals surface area contributed by atoms with E-state index in [0.717, 1.165) is 41.7 Å². The highest BCUT2D eigenvalue weighted by Gasteiger charge is 2.37. The Hall–Kier alpha value is -2.90. The van der Waals surface area contributed by atoms with Gasteiger partial charge in [-0.3, -0.25) is 19.9 Å². The molecule has 2 atom stereocenters. The molecule has 0 spiro atoms. The molecule has 10 nitrogen and oxygen atoms in total. The molecule has 1 aliphatic heterocycles. The minimum absolute atomic E-state index is 0.0366. The van der Waals surface area contributed by atoms with Crippen LogP contribution in [-0.2, 0) is 26.0 Å². The first-order chi connectivity index (χ1) is 21.2. The fourth-order valence-corrected chi connectivity index (χ4v) is 8.03. The van der Waals surface area contributed by atoms with Crippen molar-refractivity contribution in [1.82, 2.24) is 24.6 Å². The van der Waals surface area contributed by atoms with E-state index in [9.17, 15) is 23.1 Å². The average molecular weight is 658 g/mol. The number of sulfonamides is 1. The number of likely N-dealkylation sites (tertiary alicyclic amines) is 1. The molecule has 0 unspecified atom stereocenters. The number of hydrazine groups is 1. The number of thiazole rings is 1. The Labute approximate surface area is 271 Å². The largest absolute Gasteiger partial charge is 0.390 e. The summed E-state index contributed by atoms with van der Waals surface area (Å²) in [6.07, 6.45) is 1.06. The first-order valence-corrected chi connectivity index (χ1v) is 17.9. The van der Waals surface area contributed by atoms with E-state index in [1.807, 2.05) is 69.9 Å². The molecule has 2 amide bonds. The van der Waals surface area contributed by atoms with Crippen molar-refractivity contribution >= 4 is 43.4 Å². The molecule has 0 aliphatic carbocycles. The highest BCUT2D eigenvalue weighted by Crippen LogP contribution is 2.27. The average Bonchev–Trinajstić information content (AvgIpc) is 3.65. The van der Waals surface area contributed by atoms with Crippen molar-refractivity contribution in [1.29, 1.82) is 0 Å². The first-order valence-electron chi connectivity index (χ1n) is 15.6.